The van der Waals surface area contributed by atoms with E-state index < -0.39 is 0 Å². The maximum Gasteiger partial charge on any atom is 0.104 e. The molecule has 3 aromatic rings. The molecule has 0 N–H and O–H groups in total. The minimum absolute atomic E-state index is 0.715. The smallest absolute Gasteiger partial charge is 0.104 e. The second-order valence-electron chi connectivity index (χ2n) is 6.59. The van der Waals surface area contributed by atoms with Crippen molar-refractivity contribution in [3.63, 3.8) is 0 Å². The Hall–Kier alpha value is -3.14. The Bertz CT molecular complexity index is 849. The van der Waals surface area contributed by atoms with E-state index >= 15 is 0 Å². The first-order valence-corrected chi connectivity index (χ1v) is 8.56. The molecular formula is C22H22N4. The minimum Gasteiger partial charge on any atom is -0.255 e. The third-order valence-corrected chi connectivity index (χ3v) is 3.81. The topological polar surface area (TPSA) is 50.5 Å². The molecule has 0 radical (unpaired) electrons. The molecule has 1 aromatic heterocycles. The van der Waals surface area contributed by atoms with E-state index in [0.717, 1.165) is 11.4 Å². The summed E-state index contributed by atoms with van der Waals surface area (Å²) in [6.07, 6.45) is 3.46. The van der Waals surface area contributed by atoms with Gasteiger partial charge in [-0.05, 0) is 86.3 Å². The zero-order valence-corrected chi connectivity index (χ0v) is 15.6. The van der Waals surface area contributed by atoms with Gasteiger partial charge in [-0.25, -0.2) is 0 Å². The highest BCUT2D eigenvalue weighted by Crippen LogP contribution is 2.17. The van der Waals surface area contributed by atoms with Gasteiger partial charge in [-0.15, -0.1) is 10.2 Å². The summed E-state index contributed by atoms with van der Waals surface area (Å²) in [5.74, 6) is 0. The molecule has 0 aliphatic rings. The van der Waals surface area contributed by atoms with Crippen molar-refractivity contribution in [1.29, 1.82) is 0 Å². The van der Waals surface area contributed by atoms with Crippen LogP contribution in [0.3, 0.4) is 0 Å². The first-order valence-electron chi connectivity index (χ1n) is 8.56. The summed E-state index contributed by atoms with van der Waals surface area (Å²) in [7, 11) is 0. The number of aliphatic imine (C=N–C) groups is 2. The lowest BCUT2D eigenvalue weighted by atomic mass is 10.1. The quantitative estimate of drug-likeness (QED) is 0.611. The zero-order chi connectivity index (χ0) is 18.5. The molecule has 4 heteroatoms. The lowest BCUT2D eigenvalue weighted by Gasteiger charge is -2.00. The summed E-state index contributed by atoms with van der Waals surface area (Å²) < 4.78 is 0. The van der Waals surface area contributed by atoms with Crippen LogP contribution >= 0.6 is 0 Å². The maximum atomic E-state index is 4.48. The lowest BCUT2D eigenvalue weighted by Crippen LogP contribution is -1.95. The van der Waals surface area contributed by atoms with Gasteiger partial charge in [0.25, 0.3) is 0 Å². The van der Waals surface area contributed by atoms with Crippen molar-refractivity contribution in [1.82, 2.24) is 10.2 Å². The molecule has 0 atom stereocenters. The first kappa shape index (κ1) is 17.7. The van der Waals surface area contributed by atoms with Crippen molar-refractivity contribution in [3.05, 3.63) is 82.2 Å². The fraction of sp³-hybridized carbons (Fsp3) is 0.182. The molecule has 2 aromatic carbocycles. The summed E-state index contributed by atoms with van der Waals surface area (Å²) in [6, 6.07) is 16.2. The number of aromatic nitrogens is 2. The van der Waals surface area contributed by atoms with Crippen molar-refractivity contribution in [2.45, 2.75) is 27.7 Å². The fourth-order valence-electron chi connectivity index (χ4n) is 2.82. The molecule has 0 amide bonds. The number of hydrogen-bond acceptors (Lipinski definition) is 4. The third-order valence-electron chi connectivity index (χ3n) is 3.81. The average molecular weight is 342 g/mol. The van der Waals surface area contributed by atoms with Gasteiger partial charge in [0.2, 0.25) is 0 Å². The Labute approximate surface area is 154 Å². The summed E-state index contributed by atoms with van der Waals surface area (Å²) in [5, 5.41) is 8.39. The van der Waals surface area contributed by atoms with Gasteiger partial charge in [-0.2, -0.15) is 0 Å². The molecule has 0 aliphatic carbocycles. The molecule has 4 nitrogen and oxygen atoms in total. The number of aryl methyl sites for hydroxylation is 4. The Kier molecular flexibility index (Phi) is 5.32. The van der Waals surface area contributed by atoms with Gasteiger partial charge < -0.3 is 0 Å². The molecule has 0 spiro atoms. The molecule has 1 heterocycles. The van der Waals surface area contributed by atoms with E-state index in [1.54, 1.807) is 12.4 Å². The zero-order valence-electron chi connectivity index (χ0n) is 15.6. The second-order valence-corrected chi connectivity index (χ2v) is 6.59. The minimum atomic E-state index is 0.715. The van der Waals surface area contributed by atoms with Crippen LogP contribution in [0.5, 0.6) is 0 Å². The largest absolute Gasteiger partial charge is 0.255 e. The van der Waals surface area contributed by atoms with E-state index in [1.165, 1.54) is 22.3 Å². The van der Waals surface area contributed by atoms with Gasteiger partial charge in [-0.3, -0.25) is 9.98 Å². The summed E-state index contributed by atoms with van der Waals surface area (Å²) >= 11 is 0. The Morgan fingerprint density at radius 3 is 1.23 bits per heavy atom. The normalized spacial score (nSPS) is 11.5. The van der Waals surface area contributed by atoms with Crippen molar-refractivity contribution in [2.75, 3.05) is 0 Å². The molecule has 0 saturated heterocycles. The number of rotatable bonds is 4. The Morgan fingerprint density at radius 2 is 0.923 bits per heavy atom. The molecule has 130 valence electrons. The van der Waals surface area contributed by atoms with E-state index in [0.29, 0.717) is 11.4 Å². The second kappa shape index (κ2) is 7.83. The third kappa shape index (κ3) is 4.93. The highest BCUT2D eigenvalue weighted by molar-refractivity contribution is 5.82. The molecule has 0 saturated carbocycles. The lowest BCUT2D eigenvalue weighted by molar-refractivity contribution is 1.01. The first-order chi connectivity index (χ1) is 12.5. The van der Waals surface area contributed by atoms with Crippen molar-refractivity contribution >= 4 is 23.8 Å². The Balaban J connectivity index is 1.71. The van der Waals surface area contributed by atoms with E-state index in [4.69, 9.17) is 0 Å². The molecule has 3 rings (SSSR count). The predicted molar refractivity (Wildman–Crippen MR) is 108 cm³/mol. The summed E-state index contributed by atoms with van der Waals surface area (Å²) in [4.78, 5) is 8.96. The van der Waals surface area contributed by atoms with Gasteiger partial charge in [-0.1, -0.05) is 12.1 Å². The van der Waals surface area contributed by atoms with Crippen LogP contribution in [0, 0.1) is 27.7 Å². The average Bonchev–Trinajstić information content (AvgIpc) is 2.57. The van der Waals surface area contributed by atoms with Gasteiger partial charge in [0.05, 0.1) is 23.8 Å². The molecular weight excluding hydrogens is 320 g/mol. The highest BCUT2D eigenvalue weighted by Gasteiger charge is 1.97. The molecule has 0 fully saturated rings. The van der Waals surface area contributed by atoms with Crippen LogP contribution in [-0.4, -0.2) is 22.6 Å². The van der Waals surface area contributed by atoms with Crippen LogP contribution in [-0.2, 0) is 0 Å². The van der Waals surface area contributed by atoms with Gasteiger partial charge in [0.1, 0.15) is 11.4 Å². The summed E-state index contributed by atoms with van der Waals surface area (Å²) in [6.45, 7) is 8.26. The van der Waals surface area contributed by atoms with E-state index in [-0.39, 0.29) is 0 Å². The van der Waals surface area contributed by atoms with Crippen LogP contribution in [0.1, 0.15) is 33.6 Å². The molecule has 0 unspecified atom stereocenters. The monoisotopic (exact) mass is 342 g/mol. The molecule has 26 heavy (non-hydrogen) atoms. The molecule has 0 aliphatic heterocycles. The maximum absolute atomic E-state index is 4.48. The number of nitrogens with zero attached hydrogens (tertiary/aromatic N) is 4. The molecule has 0 bridgehead atoms. The van der Waals surface area contributed by atoms with Crippen LogP contribution in [0.25, 0.3) is 0 Å². The number of benzene rings is 2. The van der Waals surface area contributed by atoms with E-state index in [9.17, 15) is 0 Å². The van der Waals surface area contributed by atoms with Gasteiger partial charge in [0, 0.05) is 0 Å². The van der Waals surface area contributed by atoms with Crippen molar-refractivity contribution in [3.8, 4) is 0 Å². The SMILES string of the molecule is Cc1cc(C)cc(N=Cc2ccc(C=Nc3cc(C)cc(C)c3)nn2)c1. The van der Waals surface area contributed by atoms with Crippen molar-refractivity contribution < 1.29 is 0 Å². The van der Waals surface area contributed by atoms with Crippen LogP contribution in [0.15, 0.2) is 58.5 Å². The Morgan fingerprint density at radius 1 is 0.577 bits per heavy atom. The fourth-order valence-corrected chi connectivity index (χ4v) is 2.82. The summed E-state index contributed by atoms with van der Waals surface area (Å²) in [5.41, 5.74) is 8.06. The van der Waals surface area contributed by atoms with Crippen molar-refractivity contribution in [2.24, 2.45) is 9.98 Å². The van der Waals surface area contributed by atoms with Gasteiger partial charge >= 0.3 is 0 Å². The van der Waals surface area contributed by atoms with E-state index in [1.807, 2.05) is 36.4 Å². The van der Waals surface area contributed by atoms with Crippen LogP contribution in [0.4, 0.5) is 11.4 Å². The standard InChI is InChI=1S/C22H22N4/c1-15-7-16(2)10-21(9-15)23-13-19-5-6-20(26-25-19)14-24-22-11-17(3)8-18(4)12-22/h5-14H,1-4H3. The van der Waals surface area contributed by atoms with E-state index in [2.05, 4.69) is 60.0 Å². The number of hydrogen-bond donors (Lipinski definition) is 0. The van der Waals surface area contributed by atoms with Crippen LogP contribution in [0.2, 0.25) is 0 Å². The highest BCUT2D eigenvalue weighted by atomic mass is 15.1. The van der Waals surface area contributed by atoms with Crippen LogP contribution < -0.4 is 0 Å². The predicted octanol–water partition coefficient (Wildman–Crippen LogP) is 5.21. The van der Waals surface area contributed by atoms with Gasteiger partial charge in [0.15, 0.2) is 0 Å².